The lowest BCUT2D eigenvalue weighted by molar-refractivity contribution is -0.465. The van der Waals surface area contributed by atoms with E-state index >= 15 is 0 Å². The van der Waals surface area contributed by atoms with E-state index in [0.717, 1.165) is 33.6 Å². The first-order chi connectivity index (χ1) is 11.7. The molecule has 3 aromatic rings. The van der Waals surface area contributed by atoms with E-state index in [-0.39, 0.29) is 0 Å². The first-order valence-corrected chi connectivity index (χ1v) is 7.94. The highest BCUT2D eigenvalue weighted by atomic mass is 16.5. The predicted octanol–water partition coefficient (Wildman–Crippen LogP) is 2.87. The number of nitrogens with one attached hydrogen (secondary N) is 2. The Bertz CT molecular complexity index is 950. The van der Waals surface area contributed by atoms with Gasteiger partial charge in [-0.3, -0.25) is 4.98 Å². The number of hydrogen-bond donors (Lipinski definition) is 2. The predicted molar refractivity (Wildman–Crippen MR) is 95.2 cm³/mol. The largest absolute Gasteiger partial charge is 0.381 e. The van der Waals surface area contributed by atoms with Gasteiger partial charge in [0.1, 0.15) is 22.7 Å². The molecule has 0 radical (unpaired) electrons. The van der Waals surface area contributed by atoms with Crippen molar-refractivity contribution in [2.75, 3.05) is 25.6 Å². The molecule has 24 heavy (non-hydrogen) atoms. The van der Waals surface area contributed by atoms with E-state index in [1.54, 1.807) is 7.11 Å². The molecule has 3 rings (SSSR count). The molecule has 0 saturated carbocycles. The van der Waals surface area contributed by atoms with E-state index < -0.39 is 0 Å². The summed E-state index contributed by atoms with van der Waals surface area (Å²) < 4.78 is 7.26. The number of aromatic nitrogens is 2. The van der Waals surface area contributed by atoms with Crippen LogP contribution in [0.2, 0.25) is 0 Å². The molecule has 0 unspecified atom stereocenters. The molecule has 5 nitrogen and oxygen atoms in total. The summed E-state index contributed by atoms with van der Waals surface area (Å²) in [5.41, 5.74) is 5.57. The molecule has 2 aromatic heterocycles. The first kappa shape index (κ1) is 16.0. The monoisotopic (exact) mass is 321 g/mol. The lowest BCUT2D eigenvalue weighted by atomic mass is 10.0. The zero-order chi connectivity index (χ0) is 17.1. The van der Waals surface area contributed by atoms with Gasteiger partial charge in [-0.15, -0.1) is 6.58 Å². The second-order valence-electron chi connectivity index (χ2n) is 5.68. The number of hydrogen-bond acceptors (Lipinski definition) is 3. The summed E-state index contributed by atoms with van der Waals surface area (Å²) in [7, 11) is 1.69. The summed E-state index contributed by atoms with van der Waals surface area (Å²) >= 11 is 0. The minimum absolute atomic E-state index is 0.608. The Balaban J connectivity index is 2.39. The lowest BCUT2D eigenvalue weighted by Crippen LogP contribution is -2.30. The summed E-state index contributed by atoms with van der Waals surface area (Å²) in [4.78, 5) is 3.38. The van der Waals surface area contributed by atoms with Gasteiger partial charge in [0, 0.05) is 12.7 Å². The van der Waals surface area contributed by atoms with Crippen molar-refractivity contribution in [2.24, 2.45) is 0 Å². The molecule has 2 heterocycles. The minimum Gasteiger partial charge on any atom is -0.381 e. The van der Waals surface area contributed by atoms with Crippen molar-refractivity contribution in [3.8, 4) is 6.07 Å². The van der Waals surface area contributed by atoms with Crippen molar-refractivity contribution in [1.82, 2.24) is 4.98 Å². The van der Waals surface area contributed by atoms with Crippen LogP contribution in [0.4, 0.5) is 5.82 Å². The van der Waals surface area contributed by atoms with Crippen LogP contribution in [0.3, 0.4) is 0 Å². The third-order valence-electron chi connectivity index (χ3n) is 4.25. The third kappa shape index (κ3) is 2.51. The molecule has 0 saturated heterocycles. The van der Waals surface area contributed by atoms with Gasteiger partial charge in [0.2, 0.25) is 11.5 Å². The van der Waals surface area contributed by atoms with E-state index in [1.807, 2.05) is 31.2 Å². The number of imidazole rings is 1. The van der Waals surface area contributed by atoms with Crippen LogP contribution in [0, 0.1) is 18.3 Å². The maximum atomic E-state index is 9.69. The van der Waals surface area contributed by atoms with Crippen LogP contribution >= 0.6 is 0 Å². The summed E-state index contributed by atoms with van der Waals surface area (Å²) in [6, 6.07) is 10.4. The van der Waals surface area contributed by atoms with E-state index in [4.69, 9.17) is 4.74 Å². The van der Waals surface area contributed by atoms with E-state index in [9.17, 15) is 5.26 Å². The van der Waals surface area contributed by atoms with Gasteiger partial charge >= 0.3 is 0 Å². The van der Waals surface area contributed by atoms with Crippen molar-refractivity contribution < 1.29 is 9.14 Å². The molecular formula is C19H21N4O+. The zero-order valence-electron chi connectivity index (χ0n) is 14.0. The smallest absolute Gasteiger partial charge is 0.250 e. The number of benzene rings is 1. The van der Waals surface area contributed by atoms with Crippen molar-refractivity contribution in [3.63, 3.8) is 0 Å². The fourth-order valence-electron chi connectivity index (χ4n) is 3.11. The van der Waals surface area contributed by atoms with Gasteiger partial charge in [0.05, 0.1) is 13.2 Å². The summed E-state index contributed by atoms with van der Waals surface area (Å²) in [6.45, 7) is 7.15. The van der Waals surface area contributed by atoms with Gasteiger partial charge in [-0.05, 0) is 31.0 Å². The minimum atomic E-state index is 0.608. The highest BCUT2D eigenvalue weighted by Gasteiger charge is 2.24. The van der Waals surface area contributed by atoms with Gasteiger partial charge in [-0.25, -0.2) is 0 Å². The summed E-state index contributed by atoms with van der Waals surface area (Å²) in [5, 5.41) is 13.2. The topological polar surface area (TPSA) is 64.9 Å². The molecule has 0 bridgehead atoms. The van der Waals surface area contributed by atoms with Crippen molar-refractivity contribution in [1.29, 1.82) is 5.26 Å². The van der Waals surface area contributed by atoms with Crippen molar-refractivity contribution >= 4 is 22.5 Å². The number of H-pyrrole nitrogens is 1. The second kappa shape index (κ2) is 6.73. The average molecular weight is 321 g/mol. The van der Waals surface area contributed by atoms with Crippen molar-refractivity contribution in [2.45, 2.75) is 13.3 Å². The zero-order valence-corrected chi connectivity index (χ0v) is 14.0. The molecule has 2 N–H and O–H groups in total. The number of para-hydroxylation sites is 2. The number of fused-ring (bicyclic) bond motifs is 3. The Hall–Kier alpha value is -2.84. The molecule has 0 aliphatic carbocycles. The number of ether oxygens (including phenoxy) is 1. The number of rotatable bonds is 6. The molecular weight excluding hydrogens is 300 g/mol. The number of nitrogens with zero attached hydrogens (tertiary/aromatic N) is 2. The Labute approximate surface area is 141 Å². The number of nitriles is 1. The van der Waals surface area contributed by atoms with Crippen LogP contribution in [0.25, 0.3) is 16.7 Å². The van der Waals surface area contributed by atoms with Gasteiger partial charge in [0.15, 0.2) is 0 Å². The quantitative estimate of drug-likeness (QED) is 0.417. The first-order valence-electron chi connectivity index (χ1n) is 7.94. The number of aromatic amines is 1. The van der Waals surface area contributed by atoms with E-state index in [0.29, 0.717) is 25.1 Å². The van der Waals surface area contributed by atoms with Crippen LogP contribution in [-0.4, -0.2) is 25.2 Å². The Morgan fingerprint density at radius 1 is 1.42 bits per heavy atom. The standard InChI is InChI=1S/C19H20N4O/c1-4-7-14-13(2)15(12-20)19-22-16-8-5-6-9-17(16)23(19)18(14)21-10-11-24-3/h4-6,8-9H,1,7,10-11H2,2-3H3,(H,21,22)/p+1. The van der Waals surface area contributed by atoms with Gasteiger partial charge in [-0.2, -0.15) is 9.66 Å². The average Bonchev–Trinajstić information content (AvgIpc) is 2.97. The molecule has 0 amide bonds. The fourth-order valence-corrected chi connectivity index (χ4v) is 3.11. The molecule has 122 valence electrons. The maximum Gasteiger partial charge on any atom is 0.250 e. The van der Waals surface area contributed by atoms with Crippen LogP contribution in [-0.2, 0) is 11.2 Å². The Morgan fingerprint density at radius 2 is 2.21 bits per heavy atom. The number of anilines is 1. The van der Waals surface area contributed by atoms with E-state index in [1.165, 1.54) is 0 Å². The van der Waals surface area contributed by atoms with Crippen LogP contribution in [0.1, 0.15) is 16.7 Å². The number of allylic oxidation sites excluding steroid dienone is 1. The molecule has 0 aliphatic rings. The normalized spacial score (nSPS) is 10.9. The van der Waals surface area contributed by atoms with Gasteiger partial charge < -0.3 is 10.1 Å². The van der Waals surface area contributed by atoms with Crippen LogP contribution in [0.15, 0.2) is 36.9 Å². The van der Waals surface area contributed by atoms with E-state index in [2.05, 4.69) is 33.4 Å². The molecule has 0 fully saturated rings. The highest BCUT2D eigenvalue weighted by molar-refractivity contribution is 5.78. The number of methoxy groups -OCH3 is 1. The summed E-state index contributed by atoms with van der Waals surface area (Å²) in [5.74, 6) is 0.982. The maximum absolute atomic E-state index is 9.69. The van der Waals surface area contributed by atoms with Gasteiger partial charge in [-0.1, -0.05) is 18.2 Å². The SMILES string of the molecule is C=CCc1c(C)c(C#N)c2[nH]c3ccccc3[n+]2c1NCCOC. The summed E-state index contributed by atoms with van der Waals surface area (Å²) in [6.07, 6.45) is 2.56. The second-order valence-corrected chi connectivity index (χ2v) is 5.68. The molecule has 5 heteroatoms. The fraction of sp³-hybridized carbons (Fsp3) is 0.263. The lowest BCUT2D eigenvalue weighted by Gasteiger charge is -2.12. The molecule has 0 atom stereocenters. The molecule has 0 spiro atoms. The third-order valence-corrected chi connectivity index (χ3v) is 4.25. The Morgan fingerprint density at radius 3 is 2.92 bits per heavy atom. The van der Waals surface area contributed by atoms with Crippen molar-refractivity contribution in [3.05, 3.63) is 53.6 Å². The Kier molecular flexibility index (Phi) is 4.50. The van der Waals surface area contributed by atoms with Crippen LogP contribution < -0.4 is 9.72 Å². The van der Waals surface area contributed by atoms with Gasteiger partial charge in [0.25, 0.3) is 0 Å². The van der Waals surface area contributed by atoms with Crippen LogP contribution in [0.5, 0.6) is 0 Å². The number of pyridine rings is 1. The highest BCUT2D eigenvalue weighted by Crippen LogP contribution is 2.25. The molecule has 0 aliphatic heterocycles. The molecule has 1 aromatic carbocycles.